The van der Waals surface area contributed by atoms with E-state index in [9.17, 15) is 4.79 Å². The number of hydrogen-bond donors (Lipinski definition) is 1. The van der Waals surface area contributed by atoms with E-state index in [-0.39, 0.29) is 0 Å². The van der Waals surface area contributed by atoms with Gasteiger partial charge in [0.2, 0.25) is 0 Å². The van der Waals surface area contributed by atoms with Crippen molar-refractivity contribution in [3.8, 4) is 6.07 Å². The summed E-state index contributed by atoms with van der Waals surface area (Å²) in [5.41, 5.74) is 0. The van der Waals surface area contributed by atoms with Crippen LogP contribution in [0.4, 0.5) is 0 Å². The largest absolute Gasteiger partial charge is 0.481 e. The summed E-state index contributed by atoms with van der Waals surface area (Å²) < 4.78 is 0. The van der Waals surface area contributed by atoms with Gasteiger partial charge in [-0.15, -0.1) is 11.3 Å². The smallest absolute Gasteiger partial charge is 0.313 e. The first-order valence-electron chi connectivity index (χ1n) is 5.82. The number of carbonyl (C=O) groups is 1. The molecule has 19 heavy (non-hydrogen) atoms. The summed E-state index contributed by atoms with van der Waals surface area (Å²) in [6, 6.07) is 17.5. The zero-order valence-electron chi connectivity index (χ0n) is 10.6. The molecule has 0 saturated carbocycles. The van der Waals surface area contributed by atoms with Crippen molar-refractivity contribution in [2.24, 2.45) is 5.92 Å². The van der Waals surface area contributed by atoms with Crippen LogP contribution in [0.5, 0.6) is 0 Å². The van der Waals surface area contributed by atoms with Crippen molar-refractivity contribution in [2.45, 2.75) is 12.8 Å². The van der Waals surface area contributed by atoms with Crippen LogP contribution >= 0.6 is 11.3 Å². The molecule has 0 amide bonds. The highest BCUT2D eigenvalue weighted by Gasteiger charge is 2.27. The molecule has 0 bridgehead atoms. The van der Waals surface area contributed by atoms with E-state index in [1.807, 2.05) is 47.8 Å². The maximum Gasteiger partial charge on any atom is 0.313 e. The summed E-state index contributed by atoms with van der Waals surface area (Å²) in [6.45, 7) is 1.62. The Labute approximate surface area is 116 Å². The number of hydrogen-bond acceptors (Lipinski definition) is 3. The highest BCUT2D eigenvalue weighted by Crippen LogP contribution is 2.28. The molecule has 0 radical (unpaired) electrons. The molecule has 0 aliphatic heterocycles. The van der Waals surface area contributed by atoms with Crippen LogP contribution < -0.4 is 0 Å². The summed E-state index contributed by atoms with van der Waals surface area (Å²) >= 11 is 1.37. The van der Waals surface area contributed by atoms with Crippen LogP contribution in [0, 0.1) is 17.2 Å². The fourth-order valence-corrected chi connectivity index (χ4v) is 2.43. The Balaban J connectivity index is 0.000000250. The Hall–Kier alpha value is -2.12. The van der Waals surface area contributed by atoms with Crippen molar-refractivity contribution < 1.29 is 9.90 Å². The van der Waals surface area contributed by atoms with Gasteiger partial charge in [0.25, 0.3) is 0 Å². The first-order valence-corrected chi connectivity index (χ1v) is 6.70. The second-order valence-electron chi connectivity index (χ2n) is 3.90. The van der Waals surface area contributed by atoms with Crippen molar-refractivity contribution in [3.05, 3.63) is 58.8 Å². The average Bonchev–Trinajstić information content (AvgIpc) is 2.95. The molecule has 0 aliphatic rings. The molecule has 1 heterocycles. The van der Waals surface area contributed by atoms with Crippen molar-refractivity contribution in [2.75, 3.05) is 0 Å². The van der Waals surface area contributed by atoms with Gasteiger partial charge >= 0.3 is 5.97 Å². The molecule has 1 N–H and O–H groups in total. The molecule has 98 valence electrons. The molecule has 4 heteroatoms. The first kappa shape index (κ1) is 14.9. The number of benzene rings is 1. The Morgan fingerprint density at radius 3 is 2.05 bits per heavy atom. The zero-order valence-corrected chi connectivity index (χ0v) is 11.4. The van der Waals surface area contributed by atoms with Gasteiger partial charge in [-0.1, -0.05) is 42.5 Å². The van der Waals surface area contributed by atoms with Gasteiger partial charge in [0.1, 0.15) is 5.92 Å². The monoisotopic (exact) mass is 273 g/mol. The van der Waals surface area contributed by atoms with Gasteiger partial charge in [0, 0.05) is 4.88 Å². The molecule has 2 unspecified atom stereocenters. The van der Waals surface area contributed by atoms with Crippen molar-refractivity contribution in [3.63, 3.8) is 0 Å². The summed E-state index contributed by atoms with van der Waals surface area (Å²) in [5, 5.41) is 19.4. The molecule has 2 rings (SSSR count). The van der Waals surface area contributed by atoms with Crippen LogP contribution in [0.2, 0.25) is 0 Å². The van der Waals surface area contributed by atoms with Crippen LogP contribution in [0.25, 0.3) is 0 Å². The van der Waals surface area contributed by atoms with Crippen LogP contribution in [-0.2, 0) is 4.79 Å². The highest BCUT2D eigenvalue weighted by molar-refractivity contribution is 7.10. The number of thiophene rings is 1. The predicted molar refractivity (Wildman–Crippen MR) is 75.9 cm³/mol. The summed E-state index contributed by atoms with van der Waals surface area (Å²) in [5.74, 6) is -2.11. The number of nitriles is 1. The maximum absolute atomic E-state index is 10.9. The molecule has 0 spiro atoms. The Morgan fingerprint density at radius 2 is 1.74 bits per heavy atom. The lowest BCUT2D eigenvalue weighted by molar-refractivity contribution is -0.139. The predicted octanol–water partition coefficient (Wildman–Crippen LogP) is 3.76. The molecule has 0 fully saturated rings. The van der Waals surface area contributed by atoms with Crippen LogP contribution in [0.3, 0.4) is 0 Å². The molecule has 0 aliphatic carbocycles. The lowest BCUT2D eigenvalue weighted by Crippen LogP contribution is -2.17. The minimum atomic E-state index is -0.934. The molecule has 2 aromatic rings. The SMILES string of the molecule is CC(C#N)C(C(=O)O)c1cccs1.c1ccccc1. The van der Waals surface area contributed by atoms with E-state index in [1.165, 1.54) is 11.3 Å². The lowest BCUT2D eigenvalue weighted by Gasteiger charge is -2.11. The molecule has 0 saturated heterocycles. The van der Waals surface area contributed by atoms with E-state index in [4.69, 9.17) is 10.4 Å². The second-order valence-corrected chi connectivity index (χ2v) is 4.88. The first-order chi connectivity index (χ1) is 9.16. The lowest BCUT2D eigenvalue weighted by atomic mass is 9.94. The van der Waals surface area contributed by atoms with Crippen molar-refractivity contribution >= 4 is 17.3 Å². The third kappa shape index (κ3) is 4.94. The minimum Gasteiger partial charge on any atom is -0.481 e. The van der Waals surface area contributed by atoms with E-state index >= 15 is 0 Å². The van der Waals surface area contributed by atoms with Crippen molar-refractivity contribution in [1.29, 1.82) is 5.26 Å². The van der Waals surface area contributed by atoms with E-state index in [2.05, 4.69) is 0 Å². The average molecular weight is 273 g/mol. The second kappa shape index (κ2) is 8.06. The Morgan fingerprint density at radius 1 is 1.21 bits per heavy atom. The Bertz CT molecular complexity index is 490. The normalized spacial score (nSPS) is 12.4. The standard InChI is InChI=1S/C9H9NO2S.C6H6/c1-6(5-10)8(9(11)12)7-3-2-4-13-7;1-2-4-6-5-3-1/h2-4,6,8H,1H3,(H,11,12);1-6H. The highest BCUT2D eigenvalue weighted by atomic mass is 32.1. The van der Waals surface area contributed by atoms with Gasteiger partial charge in [-0.25, -0.2) is 0 Å². The van der Waals surface area contributed by atoms with Gasteiger partial charge in [-0.05, 0) is 18.4 Å². The van der Waals surface area contributed by atoms with Gasteiger partial charge in [0.05, 0.1) is 12.0 Å². The number of carboxylic acids is 1. The number of nitrogens with zero attached hydrogens (tertiary/aromatic N) is 1. The van der Waals surface area contributed by atoms with Gasteiger partial charge in [0.15, 0.2) is 0 Å². The Kier molecular flexibility index (Phi) is 6.34. The molecular weight excluding hydrogens is 258 g/mol. The summed E-state index contributed by atoms with van der Waals surface area (Å²) in [4.78, 5) is 11.6. The number of carboxylic acid groups (broad SMARTS) is 1. The van der Waals surface area contributed by atoms with Crippen molar-refractivity contribution in [1.82, 2.24) is 0 Å². The van der Waals surface area contributed by atoms with Gasteiger partial charge in [-0.3, -0.25) is 4.79 Å². The topological polar surface area (TPSA) is 61.1 Å². The molecule has 1 aromatic heterocycles. The van der Waals surface area contributed by atoms with Gasteiger partial charge < -0.3 is 5.11 Å². The third-order valence-electron chi connectivity index (χ3n) is 2.49. The number of aliphatic carboxylic acids is 1. The van der Waals surface area contributed by atoms with E-state index in [0.29, 0.717) is 0 Å². The van der Waals surface area contributed by atoms with E-state index in [1.54, 1.807) is 19.1 Å². The molecular formula is C15H15NO2S. The zero-order chi connectivity index (χ0) is 14.1. The quantitative estimate of drug-likeness (QED) is 0.926. The van der Waals surface area contributed by atoms with Gasteiger partial charge in [-0.2, -0.15) is 5.26 Å². The fourth-order valence-electron chi connectivity index (χ4n) is 1.51. The molecule has 2 atom stereocenters. The molecule has 3 nitrogen and oxygen atoms in total. The third-order valence-corrected chi connectivity index (χ3v) is 3.44. The van der Waals surface area contributed by atoms with E-state index in [0.717, 1.165) is 4.88 Å². The number of rotatable bonds is 3. The fraction of sp³-hybridized carbons (Fsp3) is 0.200. The molecule has 1 aromatic carbocycles. The van der Waals surface area contributed by atoms with E-state index < -0.39 is 17.8 Å². The van der Waals surface area contributed by atoms with Crippen LogP contribution in [0.15, 0.2) is 53.9 Å². The van der Waals surface area contributed by atoms with Crippen LogP contribution in [-0.4, -0.2) is 11.1 Å². The summed E-state index contributed by atoms with van der Waals surface area (Å²) in [7, 11) is 0. The summed E-state index contributed by atoms with van der Waals surface area (Å²) in [6.07, 6.45) is 0. The minimum absolute atomic E-state index is 0.490. The maximum atomic E-state index is 10.9. The van der Waals surface area contributed by atoms with Crippen LogP contribution in [0.1, 0.15) is 17.7 Å².